The van der Waals surface area contributed by atoms with Crippen LogP contribution in [-0.2, 0) is 6.42 Å². The summed E-state index contributed by atoms with van der Waals surface area (Å²) in [6.45, 7) is 6.81. The summed E-state index contributed by atoms with van der Waals surface area (Å²) in [4.78, 5) is 0. The molecule has 1 N–H and O–H groups in total. The Hall–Kier alpha value is -0.820. The summed E-state index contributed by atoms with van der Waals surface area (Å²) in [5, 5.41) is 3.47. The van der Waals surface area contributed by atoms with Crippen LogP contribution in [0.5, 0.6) is 0 Å². The van der Waals surface area contributed by atoms with Crippen molar-refractivity contribution in [2.45, 2.75) is 51.5 Å². The first-order valence-corrected chi connectivity index (χ1v) is 6.33. The fourth-order valence-electron chi connectivity index (χ4n) is 2.87. The Morgan fingerprint density at radius 3 is 2.75 bits per heavy atom. The molecule has 2 rings (SSSR count). The van der Waals surface area contributed by atoms with Crippen LogP contribution < -0.4 is 5.32 Å². The van der Waals surface area contributed by atoms with Crippen LogP contribution >= 0.6 is 0 Å². The minimum atomic E-state index is 0.199. The summed E-state index contributed by atoms with van der Waals surface area (Å²) in [7, 11) is 2.07. The molecule has 1 aromatic carbocycles. The molecule has 0 bridgehead atoms. The maximum atomic E-state index is 3.47. The van der Waals surface area contributed by atoms with Gasteiger partial charge in [0.1, 0.15) is 0 Å². The highest BCUT2D eigenvalue weighted by molar-refractivity contribution is 5.37. The van der Waals surface area contributed by atoms with Crippen molar-refractivity contribution in [1.82, 2.24) is 5.32 Å². The van der Waals surface area contributed by atoms with E-state index in [0.29, 0.717) is 5.92 Å². The molecule has 1 aliphatic carbocycles. The molecule has 0 saturated heterocycles. The number of benzene rings is 1. The third-order valence-corrected chi connectivity index (χ3v) is 4.13. The average molecular weight is 217 g/mol. The summed E-state index contributed by atoms with van der Waals surface area (Å²) < 4.78 is 0. The number of rotatable bonds is 2. The highest BCUT2D eigenvalue weighted by Gasteiger charge is 2.32. The molecule has 0 radical (unpaired) electrons. The fourth-order valence-corrected chi connectivity index (χ4v) is 2.87. The Bertz CT molecular complexity index is 379. The molecule has 0 aliphatic heterocycles. The molecular formula is C15H23N. The molecule has 1 heteroatoms. The second-order valence-electron chi connectivity index (χ2n) is 5.62. The first-order valence-electron chi connectivity index (χ1n) is 6.33. The molecule has 1 aromatic rings. The van der Waals surface area contributed by atoms with E-state index in [-0.39, 0.29) is 5.54 Å². The lowest BCUT2D eigenvalue weighted by molar-refractivity contribution is 0.312. The standard InChI is InChI=1S/C15H23N/c1-11-8-9-13-12(10-11)6-5-7-14(13)15(2,3)16-4/h8-10,14,16H,5-7H2,1-4H3. The maximum absolute atomic E-state index is 3.47. The quantitative estimate of drug-likeness (QED) is 0.800. The number of fused-ring (bicyclic) bond motifs is 1. The van der Waals surface area contributed by atoms with E-state index in [9.17, 15) is 0 Å². The van der Waals surface area contributed by atoms with Crippen molar-refractivity contribution in [3.8, 4) is 0 Å². The van der Waals surface area contributed by atoms with Crippen molar-refractivity contribution in [3.05, 3.63) is 34.9 Å². The van der Waals surface area contributed by atoms with E-state index in [1.165, 1.54) is 24.8 Å². The van der Waals surface area contributed by atoms with Crippen LogP contribution in [0.1, 0.15) is 49.3 Å². The van der Waals surface area contributed by atoms with Gasteiger partial charge in [-0.15, -0.1) is 0 Å². The van der Waals surface area contributed by atoms with Crippen LogP contribution in [0.3, 0.4) is 0 Å². The van der Waals surface area contributed by atoms with Crippen LogP contribution in [0.15, 0.2) is 18.2 Å². The van der Waals surface area contributed by atoms with Crippen molar-refractivity contribution >= 4 is 0 Å². The molecule has 0 saturated carbocycles. The molecule has 1 unspecified atom stereocenters. The molecular weight excluding hydrogens is 194 g/mol. The highest BCUT2D eigenvalue weighted by atomic mass is 14.9. The molecule has 0 aromatic heterocycles. The summed E-state index contributed by atoms with van der Waals surface area (Å²) >= 11 is 0. The Morgan fingerprint density at radius 2 is 2.06 bits per heavy atom. The van der Waals surface area contributed by atoms with Crippen molar-refractivity contribution in [2.24, 2.45) is 0 Å². The zero-order valence-corrected chi connectivity index (χ0v) is 10.9. The molecule has 1 nitrogen and oxygen atoms in total. The monoisotopic (exact) mass is 217 g/mol. The van der Waals surface area contributed by atoms with E-state index < -0.39 is 0 Å². The third-order valence-electron chi connectivity index (χ3n) is 4.13. The van der Waals surface area contributed by atoms with Crippen LogP contribution in [0.25, 0.3) is 0 Å². The van der Waals surface area contributed by atoms with E-state index >= 15 is 0 Å². The Labute approximate surface area is 99.3 Å². The minimum absolute atomic E-state index is 0.199. The first-order chi connectivity index (χ1) is 7.54. The van der Waals surface area contributed by atoms with Gasteiger partial charge >= 0.3 is 0 Å². The molecule has 88 valence electrons. The lowest BCUT2D eigenvalue weighted by atomic mass is 9.73. The van der Waals surface area contributed by atoms with Gasteiger partial charge in [-0.3, -0.25) is 0 Å². The van der Waals surface area contributed by atoms with Gasteiger partial charge in [0.05, 0.1) is 0 Å². The predicted octanol–water partition coefficient (Wildman–Crippen LogP) is 3.41. The van der Waals surface area contributed by atoms with Crippen LogP contribution in [0, 0.1) is 6.92 Å². The Morgan fingerprint density at radius 1 is 1.31 bits per heavy atom. The van der Waals surface area contributed by atoms with E-state index in [4.69, 9.17) is 0 Å². The first kappa shape index (κ1) is 11.7. The van der Waals surface area contributed by atoms with Gasteiger partial charge < -0.3 is 5.32 Å². The number of nitrogens with one attached hydrogen (secondary N) is 1. The molecule has 0 fully saturated rings. The summed E-state index contributed by atoms with van der Waals surface area (Å²) in [5.41, 5.74) is 4.72. The zero-order chi connectivity index (χ0) is 11.8. The van der Waals surface area contributed by atoms with Crippen LogP contribution in [0.4, 0.5) is 0 Å². The van der Waals surface area contributed by atoms with Crippen molar-refractivity contribution < 1.29 is 0 Å². The second kappa shape index (κ2) is 4.21. The average Bonchev–Trinajstić information content (AvgIpc) is 2.27. The molecule has 0 amide bonds. The molecule has 1 atom stereocenters. The van der Waals surface area contributed by atoms with Gasteiger partial charge in [-0.25, -0.2) is 0 Å². The molecule has 0 spiro atoms. The number of likely N-dealkylation sites (N-methyl/N-ethyl adjacent to an activating group) is 1. The van der Waals surface area contributed by atoms with Gasteiger partial charge in [0.15, 0.2) is 0 Å². The van der Waals surface area contributed by atoms with E-state index in [0.717, 1.165) is 0 Å². The van der Waals surface area contributed by atoms with Crippen LogP contribution in [0.2, 0.25) is 0 Å². The third kappa shape index (κ3) is 2.01. The van der Waals surface area contributed by atoms with Gasteiger partial charge in [0.25, 0.3) is 0 Å². The molecule has 16 heavy (non-hydrogen) atoms. The Kier molecular flexibility index (Phi) is 3.07. The normalized spacial score (nSPS) is 20.6. The number of hydrogen-bond acceptors (Lipinski definition) is 1. The summed E-state index contributed by atoms with van der Waals surface area (Å²) in [6.07, 6.45) is 3.89. The van der Waals surface area contributed by atoms with E-state index in [1.807, 2.05) is 0 Å². The Balaban J connectivity index is 2.40. The number of aryl methyl sites for hydroxylation is 2. The van der Waals surface area contributed by atoms with Gasteiger partial charge in [0, 0.05) is 11.5 Å². The number of hydrogen-bond donors (Lipinski definition) is 1. The van der Waals surface area contributed by atoms with Crippen molar-refractivity contribution in [2.75, 3.05) is 7.05 Å². The highest BCUT2D eigenvalue weighted by Crippen LogP contribution is 2.38. The summed E-state index contributed by atoms with van der Waals surface area (Å²) in [5.74, 6) is 0.654. The zero-order valence-electron chi connectivity index (χ0n) is 10.9. The maximum Gasteiger partial charge on any atom is 0.0190 e. The van der Waals surface area contributed by atoms with Gasteiger partial charge in [-0.2, -0.15) is 0 Å². The van der Waals surface area contributed by atoms with Crippen LogP contribution in [-0.4, -0.2) is 12.6 Å². The second-order valence-corrected chi connectivity index (χ2v) is 5.62. The predicted molar refractivity (Wildman–Crippen MR) is 70.0 cm³/mol. The lowest BCUT2D eigenvalue weighted by Crippen LogP contribution is -2.43. The topological polar surface area (TPSA) is 12.0 Å². The lowest BCUT2D eigenvalue weighted by Gasteiger charge is -2.38. The van der Waals surface area contributed by atoms with Crippen molar-refractivity contribution in [3.63, 3.8) is 0 Å². The summed E-state index contributed by atoms with van der Waals surface area (Å²) in [6, 6.07) is 6.96. The molecule has 1 aliphatic rings. The fraction of sp³-hybridized carbons (Fsp3) is 0.600. The smallest absolute Gasteiger partial charge is 0.0190 e. The van der Waals surface area contributed by atoms with Gasteiger partial charge in [0.2, 0.25) is 0 Å². The van der Waals surface area contributed by atoms with Crippen molar-refractivity contribution in [1.29, 1.82) is 0 Å². The van der Waals surface area contributed by atoms with Gasteiger partial charge in [-0.1, -0.05) is 23.8 Å². The van der Waals surface area contributed by atoms with E-state index in [2.05, 4.69) is 51.3 Å². The SMILES string of the molecule is CNC(C)(C)C1CCCc2cc(C)ccc21. The minimum Gasteiger partial charge on any atom is -0.314 e. The largest absolute Gasteiger partial charge is 0.314 e. The van der Waals surface area contributed by atoms with Gasteiger partial charge in [-0.05, 0) is 58.2 Å². The molecule has 0 heterocycles. The van der Waals surface area contributed by atoms with E-state index in [1.54, 1.807) is 11.1 Å².